The number of halogens is 1. The second-order valence-corrected chi connectivity index (χ2v) is 6.65. The minimum absolute atomic E-state index is 0.554. The highest BCUT2D eigenvalue weighted by molar-refractivity contribution is 6.18. The number of anilines is 1. The summed E-state index contributed by atoms with van der Waals surface area (Å²) in [6.07, 6.45) is 6.84. The van der Waals surface area contributed by atoms with Crippen molar-refractivity contribution in [2.75, 3.05) is 11.4 Å². The molecule has 2 unspecified atom stereocenters. The molecule has 1 aromatic carbocycles. The molecule has 0 spiro atoms. The van der Waals surface area contributed by atoms with Crippen molar-refractivity contribution in [1.82, 2.24) is 4.98 Å². The van der Waals surface area contributed by atoms with Gasteiger partial charge in [0.25, 0.3) is 0 Å². The molecule has 1 saturated heterocycles. The molecule has 1 saturated carbocycles. The fourth-order valence-corrected chi connectivity index (χ4v) is 4.40. The molecule has 2 fully saturated rings. The van der Waals surface area contributed by atoms with E-state index in [-0.39, 0.29) is 0 Å². The lowest BCUT2D eigenvalue weighted by Gasteiger charge is -2.32. The van der Waals surface area contributed by atoms with Crippen molar-refractivity contribution in [3.63, 3.8) is 0 Å². The molecular weight excluding hydrogens is 280 g/mol. The number of hydrogen-bond acceptors (Lipinski definition) is 2. The van der Waals surface area contributed by atoms with E-state index in [4.69, 9.17) is 16.6 Å². The Morgan fingerprint density at radius 1 is 1.14 bits per heavy atom. The summed E-state index contributed by atoms with van der Waals surface area (Å²) >= 11 is 6.18. The number of fused-ring (bicyclic) bond motifs is 2. The van der Waals surface area contributed by atoms with Gasteiger partial charge in [-0.25, -0.2) is 4.98 Å². The smallest absolute Gasteiger partial charge is 0.129 e. The van der Waals surface area contributed by atoms with E-state index in [0.29, 0.717) is 11.9 Å². The van der Waals surface area contributed by atoms with Crippen LogP contribution in [0.25, 0.3) is 10.9 Å². The first-order valence-corrected chi connectivity index (χ1v) is 8.61. The van der Waals surface area contributed by atoms with Crippen LogP contribution in [-0.4, -0.2) is 17.6 Å². The number of aromatic nitrogens is 1. The Morgan fingerprint density at radius 2 is 2.00 bits per heavy atom. The van der Waals surface area contributed by atoms with E-state index >= 15 is 0 Å². The maximum atomic E-state index is 6.18. The van der Waals surface area contributed by atoms with Crippen molar-refractivity contribution in [3.8, 4) is 0 Å². The molecule has 110 valence electrons. The molecule has 0 N–H and O–H groups in total. The van der Waals surface area contributed by atoms with Gasteiger partial charge in [0.2, 0.25) is 0 Å². The lowest BCUT2D eigenvalue weighted by molar-refractivity contribution is 0.341. The van der Waals surface area contributed by atoms with Crippen LogP contribution >= 0.6 is 11.6 Å². The topological polar surface area (TPSA) is 16.1 Å². The minimum Gasteiger partial charge on any atom is -0.353 e. The van der Waals surface area contributed by atoms with Crippen LogP contribution in [0.4, 0.5) is 5.82 Å². The maximum absolute atomic E-state index is 6.18. The van der Waals surface area contributed by atoms with E-state index in [9.17, 15) is 0 Å². The van der Waals surface area contributed by atoms with E-state index in [0.717, 1.165) is 23.8 Å². The zero-order valence-corrected chi connectivity index (χ0v) is 13.0. The highest BCUT2D eigenvalue weighted by Crippen LogP contribution is 2.39. The van der Waals surface area contributed by atoms with Gasteiger partial charge in [-0.1, -0.05) is 31.0 Å². The van der Waals surface area contributed by atoms with E-state index in [1.54, 1.807) is 0 Å². The number of pyridine rings is 1. The molecule has 21 heavy (non-hydrogen) atoms. The number of hydrogen-bond donors (Lipinski definition) is 0. The fraction of sp³-hybridized carbons (Fsp3) is 0.500. The first-order chi connectivity index (χ1) is 10.4. The van der Waals surface area contributed by atoms with Crippen LogP contribution in [0.2, 0.25) is 0 Å². The SMILES string of the molecule is ClCc1cc(N2CCC3CCCCC32)nc2ccccc12. The van der Waals surface area contributed by atoms with Crippen molar-refractivity contribution in [2.45, 2.75) is 44.0 Å². The summed E-state index contributed by atoms with van der Waals surface area (Å²) in [7, 11) is 0. The zero-order chi connectivity index (χ0) is 14.2. The third-order valence-electron chi connectivity index (χ3n) is 5.24. The van der Waals surface area contributed by atoms with Crippen LogP contribution in [0.3, 0.4) is 0 Å². The van der Waals surface area contributed by atoms with Gasteiger partial charge >= 0.3 is 0 Å². The lowest BCUT2D eigenvalue weighted by atomic mass is 9.85. The predicted molar refractivity (Wildman–Crippen MR) is 89.0 cm³/mol. The first-order valence-electron chi connectivity index (χ1n) is 8.08. The standard InChI is InChI=1S/C18H21ClN2/c19-12-14-11-18(20-16-7-3-2-6-15(14)16)21-10-9-13-5-1-4-8-17(13)21/h2-3,6-7,11,13,17H,1,4-5,8-10,12H2. The summed E-state index contributed by atoms with van der Waals surface area (Å²) in [5.74, 6) is 2.57. The summed E-state index contributed by atoms with van der Waals surface area (Å²) in [6.45, 7) is 1.16. The summed E-state index contributed by atoms with van der Waals surface area (Å²) in [5, 5.41) is 1.19. The normalized spacial score (nSPS) is 25.3. The van der Waals surface area contributed by atoms with Gasteiger partial charge in [0.15, 0.2) is 0 Å². The van der Waals surface area contributed by atoms with Crippen molar-refractivity contribution in [3.05, 3.63) is 35.9 Å². The van der Waals surface area contributed by atoms with Gasteiger partial charge in [0.1, 0.15) is 5.82 Å². The third kappa shape index (κ3) is 2.30. The van der Waals surface area contributed by atoms with Gasteiger partial charge < -0.3 is 4.90 Å². The van der Waals surface area contributed by atoms with Crippen LogP contribution in [0.1, 0.15) is 37.7 Å². The number of nitrogens with zero attached hydrogens (tertiary/aromatic N) is 2. The van der Waals surface area contributed by atoms with Crippen molar-refractivity contribution < 1.29 is 0 Å². The first kappa shape index (κ1) is 13.4. The molecule has 1 aliphatic heterocycles. The summed E-state index contributed by atoms with van der Waals surface area (Å²) in [6, 6.07) is 11.3. The second-order valence-electron chi connectivity index (χ2n) is 6.38. The van der Waals surface area contributed by atoms with Gasteiger partial charge in [0, 0.05) is 23.9 Å². The minimum atomic E-state index is 0.554. The van der Waals surface area contributed by atoms with E-state index < -0.39 is 0 Å². The molecule has 2 aromatic rings. The van der Waals surface area contributed by atoms with Crippen LogP contribution < -0.4 is 4.90 Å². The molecule has 2 heterocycles. The molecule has 0 bridgehead atoms. The summed E-state index contributed by atoms with van der Waals surface area (Å²) in [4.78, 5) is 7.47. The lowest BCUT2D eigenvalue weighted by Crippen LogP contribution is -2.35. The second kappa shape index (κ2) is 5.49. The van der Waals surface area contributed by atoms with Crippen molar-refractivity contribution in [1.29, 1.82) is 0 Å². The Balaban J connectivity index is 1.76. The molecule has 0 radical (unpaired) electrons. The monoisotopic (exact) mass is 300 g/mol. The number of benzene rings is 1. The summed E-state index contributed by atoms with van der Waals surface area (Å²) < 4.78 is 0. The number of rotatable bonds is 2. The largest absolute Gasteiger partial charge is 0.353 e. The summed E-state index contributed by atoms with van der Waals surface area (Å²) in [5.41, 5.74) is 2.28. The van der Waals surface area contributed by atoms with Gasteiger partial charge in [0.05, 0.1) is 5.52 Å². The molecule has 2 aliphatic rings. The van der Waals surface area contributed by atoms with Gasteiger partial charge in [-0.3, -0.25) is 0 Å². The van der Waals surface area contributed by atoms with E-state index in [1.807, 2.05) is 0 Å². The van der Waals surface area contributed by atoms with Crippen LogP contribution in [-0.2, 0) is 5.88 Å². The average Bonchev–Trinajstić information content (AvgIpc) is 2.98. The van der Waals surface area contributed by atoms with Crippen LogP contribution in [0.5, 0.6) is 0 Å². The average molecular weight is 301 g/mol. The quantitative estimate of drug-likeness (QED) is 0.745. The Bertz CT molecular complexity index is 655. The van der Waals surface area contributed by atoms with Crippen molar-refractivity contribution >= 4 is 28.3 Å². The van der Waals surface area contributed by atoms with Gasteiger partial charge in [-0.05, 0) is 42.9 Å². The molecular formula is C18H21ClN2. The Kier molecular flexibility index (Phi) is 3.50. The highest BCUT2D eigenvalue weighted by Gasteiger charge is 2.36. The Hall–Kier alpha value is -1.28. The molecule has 2 nitrogen and oxygen atoms in total. The number of alkyl halides is 1. The third-order valence-corrected chi connectivity index (χ3v) is 5.52. The van der Waals surface area contributed by atoms with Gasteiger partial charge in [-0.15, -0.1) is 11.6 Å². The molecule has 1 aliphatic carbocycles. The Labute approximate surface area is 131 Å². The van der Waals surface area contributed by atoms with Crippen LogP contribution in [0.15, 0.2) is 30.3 Å². The Morgan fingerprint density at radius 3 is 2.90 bits per heavy atom. The van der Waals surface area contributed by atoms with E-state index in [1.165, 1.54) is 43.1 Å². The maximum Gasteiger partial charge on any atom is 0.129 e. The van der Waals surface area contributed by atoms with Gasteiger partial charge in [-0.2, -0.15) is 0 Å². The van der Waals surface area contributed by atoms with E-state index in [2.05, 4.69) is 35.2 Å². The van der Waals surface area contributed by atoms with Crippen LogP contribution in [0, 0.1) is 5.92 Å². The predicted octanol–water partition coefficient (Wildman–Crippen LogP) is 4.74. The molecule has 3 heteroatoms. The zero-order valence-electron chi connectivity index (χ0n) is 12.3. The molecule has 0 amide bonds. The molecule has 4 rings (SSSR count). The van der Waals surface area contributed by atoms with Crippen molar-refractivity contribution in [2.24, 2.45) is 5.92 Å². The molecule has 2 atom stereocenters. The molecule has 1 aromatic heterocycles. The fourth-order valence-electron chi connectivity index (χ4n) is 4.18. The number of para-hydroxylation sites is 1. The highest BCUT2D eigenvalue weighted by atomic mass is 35.5.